The molecule has 1 heterocycles. The maximum Gasteiger partial charge on any atom is 0.255 e. The van der Waals surface area contributed by atoms with Gasteiger partial charge >= 0.3 is 0 Å². The number of amides is 1. The topological polar surface area (TPSA) is 91.2 Å². The number of rotatable bonds is 9. The predicted octanol–water partition coefficient (Wildman–Crippen LogP) is 4.59. The molecule has 3 aromatic rings. The van der Waals surface area contributed by atoms with Crippen LogP contribution in [0.2, 0.25) is 5.02 Å². The number of nitrogens with one attached hydrogen (secondary N) is 1. The van der Waals surface area contributed by atoms with Crippen LogP contribution >= 0.6 is 11.6 Å². The van der Waals surface area contributed by atoms with Gasteiger partial charge in [0, 0.05) is 11.3 Å². The van der Waals surface area contributed by atoms with Crippen LogP contribution in [0.15, 0.2) is 30.3 Å². The van der Waals surface area contributed by atoms with Gasteiger partial charge in [-0.15, -0.1) is 5.10 Å². The molecule has 8 nitrogen and oxygen atoms in total. The minimum Gasteiger partial charge on any atom is -0.490 e. The third kappa shape index (κ3) is 5.29. The first-order chi connectivity index (χ1) is 14.9. The highest BCUT2D eigenvalue weighted by Crippen LogP contribution is 2.37. The smallest absolute Gasteiger partial charge is 0.255 e. The van der Waals surface area contributed by atoms with Crippen LogP contribution in [0.4, 0.5) is 10.1 Å². The highest BCUT2D eigenvalue weighted by molar-refractivity contribution is 6.32. The highest BCUT2D eigenvalue weighted by Gasteiger charge is 2.18. The van der Waals surface area contributed by atoms with E-state index < -0.39 is 11.7 Å². The first kappa shape index (κ1) is 22.5. The molecule has 0 aliphatic heterocycles. The Hall–Kier alpha value is -3.20. The molecule has 164 valence electrons. The minimum atomic E-state index is -0.524. The average Bonchev–Trinajstić information content (AvgIpc) is 3.17. The predicted molar refractivity (Wildman–Crippen MR) is 115 cm³/mol. The monoisotopic (exact) mass is 447 g/mol. The zero-order valence-corrected chi connectivity index (χ0v) is 18.2. The van der Waals surface area contributed by atoms with Gasteiger partial charge in [-0.3, -0.25) is 4.79 Å². The Balaban J connectivity index is 1.85. The second kappa shape index (κ2) is 10.2. The van der Waals surface area contributed by atoms with Gasteiger partial charge in [-0.25, -0.2) is 4.39 Å². The molecule has 0 bridgehead atoms. The van der Waals surface area contributed by atoms with Crippen LogP contribution in [0.1, 0.15) is 42.9 Å². The van der Waals surface area contributed by atoms with Crippen molar-refractivity contribution in [3.05, 3.63) is 52.6 Å². The normalized spacial score (nSPS) is 10.7. The number of aromatic nitrogens is 4. The van der Waals surface area contributed by atoms with Gasteiger partial charge in [-0.05, 0) is 61.0 Å². The molecule has 0 radical (unpaired) electrons. The third-order valence-electron chi connectivity index (χ3n) is 4.37. The number of carbonyl (C=O) groups is 1. The summed E-state index contributed by atoms with van der Waals surface area (Å²) in [5.74, 6) is 0.249. The van der Waals surface area contributed by atoms with E-state index >= 15 is 0 Å². The van der Waals surface area contributed by atoms with Crippen LogP contribution in [-0.4, -0.2) is 39.3 Å². The van der Waals surface area contributed by atoms with Gasteiger partial charge in [0.1, 0.15) is 11.5 Å². The molecular weight excluding hydrogens is 425 g/mol. The molecular formula is C21H23ClFN5O3. The molecule has 31 heavy (non-hydrogen) atoms. The molecule has 0 aliphatic rings. The Morgan fingerprint density at radius 1 is 1.23 bits per heavy atom. The fraction of sp³-hybridized carbons (Fsp3) is 0.333. The number of hydrogen-bond acceptors (Lipinski definition) is 6. The Labute approximate surface area is 184 Å². The van der Waals surface area contributed by atoms with Gasteiger partial charge in [-0.2, -0.15) is 4.68 Å². The number of aryl methyl sites for hydroxylation is 1. The summed E-state index contributed by atoms with van der Waals surface area (Å²) in [4.78, 5) is 12.8. The van der Waals surface area contributed by atoms with Crippen LogP contribution in [0, 0.1) is 12.7 Å². The van der Waals surface area contributed by atoms with Crippen LogP contribution in [-0.2, 0) is 0 Å². The van der Waals surface area contributed by atoms with Gasteiger partial charge in [0.2, 0.25) is 0 Å². The summed E-state index contributed by atoms with van der Waals surface area (Å²) >= 11 is 6.37. The van der Waals surface area contributed by atoms with E-state index in [4.69, 9.17) is 21.1 Å². The lowest BCUT2D eigenvalue weighted by atomic mass is 10.1. The fourth-order valence-corrected chi connectivity index (χ4v) is 3.10. The van der Waals surface area contributed by atoms with E-state index in [1.54, 1.807) is 13.0 Å². The van der Waals surface area contributed by atoms with Crippen molar-refractivity contribution in [2.45, 2.75) is 33.6 Å². The molecule has 0 atom stereocenters. The van der Waals surface area contributed by atoms with E-state index in [2.05, 4.69) is 27.8 Å². The second-order valence-electron chi connectivity index (χ2n) is 6.68. The van der Waals surface area contributed by atoms with Crippen LogP contribution in [0.5, 0.6) is 11.5 Å². The SMILES string of the molecule is CCCCOc1c(Cl)cc(C(=O)Nc2ccc(F)c(-n3nnnc3C)c2)cc1OCC. The molecule has 0 unspecified atom stereocenters. The number of nitrogens with zero attached hydrogens (tertiary/aromatic N) is 4. The maximum absolute atomic E-state index is 14.3. The van der Waals surface area contributed by atoms with E-state index in [1.807, 2.05) is 6.92 Å². The molecule has 2 aromatic carbocycles. The largest absolute Gasteiger partial charge is 0.490 e. The fourth-order valence-electron chi connectivity index (χ4n) is 2.83. The number of tetrazole rings is 1. The number of unbranched alkanes of at least 4 members (excludes halogenated alkanes) is 1. The molecule has 0 fully saturated rings. The van der Waals surface area contributed by atoms with Crippen molar-refractivity contribution in [2.24, 2.45) is 0 Å². The lowest BCUT2D eigenvalue weighted by molar-refractivity contribution is 0.102. The van der Waals surface area contributed by atoms with Crippen molar-refractivity contribution >= 4 is 23.2 Å². The molecule has 0 saturated heterocycles. The Morgan fingerprint density at radius 2 is 2.03 bits per heavy atom. The second-order valence-corrected chi connectivity index (χ2v) is 7.09. The van der Waals surface area contributed by atoms with Gasteiger partial charge < -0.3 is 14.8 Å². The summed E-state index contributed by atoms with van der Waals surface area (Å²) in [5, 5.41) is 14.0. The van der Waals surface area contributed by atoms with E-state index in [0.29, 0.717) is 36.2 Å². The van der Waals surface area contributed by atoms with Gasteiger partial charge in [0.05, 0.1) is 18.2 Å². The van der Waals surface area contributed by atoms with Crippen molar-refractivity contribution in [3.63, 3.8) is 0 Å². The summed E-state index contributed by atoms with van der Waals surface area (Å²) in [6.07, 6.45) is 1.85. The molecule has 3 rings (SSSR count). The summed E-state index contributed by atoms with van der Waals surface area (Å²) in [6.45, 7) is 6.42. The van der Waals surface area contributed by atoms with Gasteiger partial charge in [-0.1, -0.05) is 24.9 Å². The minimum absolute atomic E-state index is 0.119. The lowest BCUT2D eigenvalue weighted by Crippen LogP contribution is -2.13. The van der Waals surface area contributed by atoms with E-state index in [9.17, 15) is 9.18 Å². The highest BCUT2D eigenvalue weighted by atomic mass is 35.5. The maximum atomic E-state index is 14.3. The molecule has 1 aromatic heterocycles. The number of halogens is 2. The summed E-state index contributed by atoms with van der Waals surface area (Å²) in [6, 6.07) is 7.21. The van der Waals surface area contributed by atoms with Crippen LogP contribution < -0.4 is 14.8 Å². The number of carbonyl (C=O) groups excluding carboxylic acids is 1. The Morgan fingerprint density at radius 3 is 2.71 bits per heavy atom. The zero-order chi connectivity index (χ0) is 22.4. The lowest BCUT2D eigenvalue weighted by Gasteiger charge is -2.15. The average molecular weight is 448 g/mol. The Kier molecular flexibility index (Phi) is 7.41. The summed E-state index contributed by atoms with van der Waals surface area (Å²) < 4.78 is 26.9. The van der Waals surface area contributed by atoms with E-state index in [-0.39, 0.29) is 16.3 Å². The molecule has 0 aliphatic carbocycles. The van der Waals surface area contributed by atoms with Crippen molar-refractivity contribution in [1.82, 2.24) is 20.2 Å². The number of anilines is 1. The van der Waals surface area contributed by atoms with Crippen LogP contribution in [0.25, 0.3) is 5.69 Å². The standard InChI is InChI=1S/C21H23ClFN5O3/c1-4-6-9-31-20-16(22)10-14(11-19(20)30-5-2)21(29)24-15-7-8-17(23)18(12-15)28-13(3)25-26-27-28/h7-8,10-12H,4-6,9H2,1-3H3,(H,24,29). The van der Waals surface area contributed by atoms with Gasteiger partial charge in [0.15, 0.2) is 17.3 Å². The van der Waals surface area contributed by atoms with Crippen molar-refractivity contribution < 1.29 is 18.7 Å². The van der Waals surface area contributed by atoms with E-state index in [0.717, 1.165) is 12.8 Å². The van der Waals surface area contributed by atoms with Crippen molar-refractivity contribution in [2.75, 3.05) is 18.5 Å². The molecule has 0 saturated carbocycles. The number of hydrogen-bond donors (Lipinski definition) is 1. The molecule has 10 heteroatoms. The van der Waals surface area contributed by atoms with E-state index in [1.165, 1.54) is 28.9 Å². The molecule has 1 amide bonds. The summed E-state index contributed by atoms with van der Waals surface area (Å²) in [5.41, 5.74) is 0.766. The number of ether oxygens (including phenoxy) is 2. The first-order valence-corrected chi connectivity index (χ1v) is 10.3. The van der Waals surface area contributed by atoms with Crippen molar-refractivity contribution in [3.8, 4) is 17.2 Å². The zero-order valence-electron chi connectivity index (χ0n) is 17.5. The first-order valence-electron chi connectivity index (χ1n) is 9.90. The molecule has 0 spiro atoms. The number of benzene rings is 2. The quantitative estimate of drug-likeness (QED) is 0.482. The third-order valence-corrected chi connectivity index (χ3v) is 4.65. The van der Waals surface area contributed by atoms with Crippen LogP contribution in [0.3, 0.4) is 0 Å². The Bertz CT molecular complexity index is 1070. The summed E-state index contributed by atoms with van der Waals surface area (Å²) in [7, 11) is 0. The van der Waals surface area contributed by atoms with Gasteiger partial charge in [0.25, 0.3) is 5.91 Å². The van der Waals surface area contributed by atoms with Crippen molar-refractivity contribution in [1.29, 1.82) is 0 Å². The molecule has 1 N–H and O–H groups in total.